The summed E-state index contributed by atoms with van der Waals surface area (Å²) in [6, 6.07) is 0. The summed E-state index contributed by atoms with van der Waals surface area (Å²) in [6.07, 6.45) is 9.23. The van der Waals surface area contributed by atoms with Crippen LogP contribution in [0.1, 0.15) is 32.1 Å². The Hall–Kier alpha value is -0.790. The maximum Gasteiger partial charge on any atom is 0.121 e. The number of nitrogens with zero attached hydrogens (tertiary/aromatic N) is 1. The molecule has 1 heterocycles. The summed E-state index contributed by atoms with van der Waals surface area (Å²) in [5, 5.41) is 9.54. The van der Waals surface area contributed by atoms with E-state index in [0.717, 1.165) is 12.8 Å². The zero-order chi connectivity index (χ0) is 7.73. The highest BCUT2D eigenvalue weighted by atomic mass is 16.3. The topological polar surface area (TPSA) is 32.6 Å². The number of aliphatic hydroxyl groups excluding tert-OH is 1. The van der Waals surface area contributed by atoms with Crippen molar-refractivity contribution in [2.75, 3.05) is 0 Å². The third-order valence-electron chi connectivity index (χ3n) is 2.71. The number of hydrogen-bond acceptors (Lipinski definition) is 2. The molecule has 0 unspecified atom stereocenters. The Morgan fingerprint density at radius 3 is 2.55 bits per heavy atom. The third kappa shape index (κ3) is 0.971. The van der Waals surface area contributed by atoms with Crippen LogP contribution in [0.15, 0.2) is 16.8 Å². The molecule has 1 aliphatic carbocycles. The molecule has 60 valence electrons. The van der Waals surface area contributed by atoms with Crippen molar-refractivity contribution in [3.63, 3.8) is 0 Å². The molecule has 0 atom stereocenters. The van der Waals surface area contributed by atoms with E-state index in [0.29, 0.717) is 5.76 Å². The quantitative estimate of drug-likeness (QED) is 0.565. The van der Waals surface area contributed by atoms with Crippen molar-refractivity contribution < 1.29 is 5.11 Å². The smallest absolute Gasteiger partial charge is 0.121 e. The van der Waals surface area contributed by atoms with Gasteiger partial charge in [0.1, 0.15) is 11.3 Å². The summed E-state index contributed by atoms with van der Waals surface area (Å²) in [5.41, 5.74) is -0.182. The fourth-order valence-electron chi connectivity index (χ4n) is 1.99. The zero-order valence-corrected chi connectivity index (χ0v) is 6.58. The molecule has 1 saturated carbocycles. The maximum atomic E-state index is 9.54. The molecule has 0 aromatic carbocycles. The van der Waals surface area contributed by atoms with E-state index in [1.165, 1.54) is 19.3 Å². The molecule has 2 heteroatoms. The Labute approximate surface area is 66.6 Å². The summed E-state index contributed by atoms with van der Waals surface area (Å²) >= 11 is 0. The molecule has 0 bridgehead atoms. The number of allylic oxidation sites excluding steroid dienone is 1. The standard InChI is InChI=1S/C9H13NO/c11-8-4-7-10-9(8)5-2-1-3-6-9/h4,7,11H,1-3,5-6H2. The van der Waals surface area contributed by atoms with Crippen molar-refractivity contribution in [2.24, 2.45) is 4.99 Å². The van der Waals surface area contributed by atoms with Crippen molar-refractivity contribution in [3.05, 3.63) is 11.8 Å². The lowest BCUT2D eigenvalue weighted by molar-refractivity contribution is 0.244. The summed E-state index contributed by atoms with van der Waals surface area (Å²) in [5.74, 6) is 0.484. The zero-order valence-electron chi connectivity index (χ0n) is 6.58. The van der Waals surface area contributed by atoms with Gasteiger partial charge in [0.2, 0.25) is 0 Å². The van der Waals surface area contributed by atoms with E-state index in [4.69, 9.17) is 0 Å². The van der Waals surface area contributed by atoms with Crippen LogP contribution in [0.25, 0.3) is 0 Å². The Bertz CT molecular complexity index is 212. The molecule has 2 aliphatic rings. The van der Waals surface area contributed by atoms with E-state index < -0.39 is 0 Å². The molecular formula is C9H13NO. The maximum absolute atomic E-state index is 9.54. The van der Waals surface area contributed by atoms with Gasteiger partial charge in [-0.1, -0.05) is 19.3 Å². The molecule has 0 saturated heterocycles. The molecule has 1 aliphatic heterocycles. The molecule has 2 rings (SSSR count). The molecule has 11 heavy (non-hydrogen) atoms. The van der Waals surface area contributed by atoms with Crippen LogP contribution in [0.5, 0.6) is 0 Å². The first-order chi connectivity index (χ1) is 5.33. The predicted octanol–water partition coefficient (Wildman–Crippen LogP) is 2.22. The number of rotatable bonds is 0. The van der Waals surface area contributed by atoms with Gasteiger partial charge in [0.25, 0.3) is 0 Å². The van der Waals surface area contributed by atoms with Crippen LogP contribution in [-0.4, -0.2) is 16.9 Å². The van der Waals surface area contributed by atoms with E-state index in [1.54, 1.807) is 12.3 Å². The highest BCUT2D eigenvalue weighted by molar-refractivity contribution is 5.76. The van der Waals surface area contributed by atoms with Gasteiger partial charge in [0, 0.05) is 6.21 Å². The van der Waals surface area contributed by atoms with Crippen LogP contribution in [0.4, 0.5) is 0 Å². The molecule has 2 nitrogen and oxygen atoms in total. The minimum atomic E-state index is -0.182. The van der Waals surface area contributed by atoms with Crippen molar-refractivity contribution in [1.29, 1.82) is 0 Å². The Balaban J connectivity index is 2.20. The summed E-state index contributed by atoms with van der Waals surface area (Å²) < 4.78 is 0. The third-order valence-corrected chi connectivity index (χ3v) is 2.71. The van der Waals surface area contributed by atoms with Gasteiger partial charge in [0.05, 0.1) is 0 Å². The first-order valence-electron chi connectivity index (χ1n) is 4.28. The Morgan fingerprint density at radius 1 is 1.27 bits per heavy atom. The lowest BCUT2D eigenvalue weighted by Gasteiger charge is -2.30. The van der Waals surface area contributed by atoms with Crippen molar-refractivity contribution in [1.82, 2.24) is 0 Å². The molecule has 0 aromatic heterocycles. The van der Waals surface area contributed by atoms with Gasteiger partial charge in [-0.25, -0.2) is 0 Å². The molecule has 1 N–H and O–H groups in total. The molecule has 0 amide bonds. The summed E-state index contributed by atoms with van der Waals surface area (Å²) in [6.45, 7) is 0. The molecule has 1 fully saturated rings. The highest BCUT2D eigenvalue weighted by Gasteiger charge is 2.36. The summed E-state index contributed by atoms with van der Waals surface area (Å²) in [7, 11) is 0. The normalized spacial score (nSPS) is 27.5. The van der Waals surface area contributed by atoms with Crippen LogP contribution < -0.4 is 0 Å². The minimum Gasteiger partial charge on any atom is -0.510 e. The molecular weight excluding hydrogens is 138 g/mol. The van der Waals surface area contributed by atoms with Gasteiger partial charge in [-0.3, -0.25) is 4.99 Å². The molecule has 0 radical (unpaired) electrons. The molecule has 0 aromatic rings. The Morgan fingerprint density at radius 2 is 2.00 bits per heavy atom. The lowest BCUT2D eigenvalue weighted by atomic mass is 9.81. The fourth-order valence-corrected chi connectivity index (χ4v) is 1.99. The van der Waals surface area contributed by atoms with Gasteiger partial charge in [0.15, 0.2) is 0 Å². The van der Waals surface area contributed by atoms with Crippen molar-refractivity contribution in [2.45, 2.75) is 37.6 Å². The van der Waals surface area contributed by atoms with Gasteiger partial charge in [-0.05, 0) is 18.9 Å². The largest absolute Gasteiger partial charge is 0.510 e. The SMILES string of the molecule is OC1=CC=NC12CCCCC2. The Kier molecular flexibility index (Phi) is 1.48. The second-order valence-corrected chi connectivity index (χ2v) is 3.42. The monoisotopic (exact) mass is 151 g/mol. The van der Waals surface area contributed by atoms with Gasteiger partial charge < -0.3 is 5.11 Å². The predicted molar refractivity (Wildman–Crippen MR) is 45.0 cm³/mol. The van der Waals surface area contributed by atoms with Crippen LogP contribution >= 0.6 is 0 Å². The van der Waals surface area contributed by atoms with Crippen molar-refractivity contribution in [3.8, 4) is 0 Å². The fraction of sp³-hybridized carbons (Fsp3) is 0.667. The first kappa shape index (κ1) is 6.89. The second kappa shape index (κ2) is 2.36. The lowest BCUT2D eigenvalue weighted by Crippen LogP contribution is -2.29. The van der Waals surface area contributed by atoms with E-state index in [9.17, 15) is 5.11 Å². The van der Waals surface area contributed by atoms with Crippen LogP contribution in [0.3, 0.4) is 0 Å². The van der Waals surface area contributed by atoms with Crippen LogP contribution in [0, 0.1) is 0 Å². The number of aliphatic hydroxyl groups is 1. The van der Waals surface area contributed by atoms with E-state index in [2.05, 4.69) is 4.99 Å². The highest BCUT2D eigenvalue weighted by Crippen LogP contribution is 2.38. The van der Waals surface area contributed by atoms with Crippen LogP contribution in [-0.2, 0) is 0 Å². The first-order valence-corrected chi connectivity index (χ1v) is 4.28. The van der Waals surface area contributed by atoms with E-state index >= 15 is 0 Å². The van der Waals surface area contributed by atoms with E-state index in [-0.39, 0.29) is 5.54 Å². The van der Waals surface area contributed by atoms with Gasteiger partial charge in [-0.15, -0.1) is 0 Å². The minimum absolute atomic E-state index is 0.182. The number of aliphatic imine (C=N–C) groups is 1. The van der Waals surface area contributed by atoms with Gasteiger partial charge >= 0.3 is 0 Å². The molecule has 1 spiro atoms. The van der Waals surface area contributed by atoms with Gasteiger partial charge in [-0.2, -0.15) is 0 Å². The van der Waals surface area contributed by atoms with Crippen LogP contribution in [0.2, 0.25) is 0 Å². The second-order valence-electron chi connectivity index (χ2n) is 3.42. The van der Waals surface area contributed by atoms with E-state index in [1.807, 2.05) is 0 Å². The van der Waals surface area contributed by atoms with Crippen molar-refractivity contribution >= 4 is 6.21 Å². The number of hydrogen-bond donors (Lipinski definition) is 1. The summed E-state index contributed by atoms with van der Waals surface area (Å²) in [4.78, 5) is 4.34. The average molecular weight is 151 g/mol. The average Bonchev–Trinajstić information content (AvgIpc) is 2.36.